The Morgan fingerprint density at radius 2 is 1.93 bits per heavy atom. The quantitative estimate of drug-likeness (QED) is 0.838. The predicted molar refractivity (Wildman–Crippen MR) is 66.5 cm³/mol. The van der Waals surface area contributed by atoms with Crippen LogP contribution in [-0.2, 0) is 0 Å². The van der Waals surface area contributed by atoms with E-state index >= 15 is 0 Å². The summed E-state index contributed by atoms with van der Waals surface area (Å²) in [7, 11) is 0. The molecule has 2 atom stereocenters. The van der Waals surface area contributed by atoms with E-state index in [1.54, 1.807) is 0 Å². The van der Waals surface area contributed by atoms with E-state index in [-0.39, 0.29) is 18.3 Å². The molecule has 0 bridgehead atoms. The van der Waals surface area contributed by atoms with Crippen LogP contribution in [0.1, 0.15) is 17.9 Å². The Bertz CT molecular complexity index is 304. The molecular formula is C11H14BrClFN. The third-order valence-electron chi connectivity index (χ3n) is 2.71. The molecule has 0 amide bonds. The Kier molecular flexibility index (Phi) is 5.03. The molecule has 1 saturated heterocycles. The minimum Gasteiger partial charge on any atom is -0.314 e. The number of hydrogen-bond acceptors (Lipinski definition) is 1. The van der Waals surface area contributed by atoms with Crippen molar-refractivity contribution in [2.75, 3.05) is 13.1 Å². The van der Waals surface area contributed by atoms with Crippen molar-refractivity contribution in [3.63, 3.8) is 0 Å². The molecule has 1 aromatic carbocycles. The minimum atomic E-state index is -0.745. The number of rotatable bonds is 1. The summed E-state index contributed by atoms with van der Waals surface area (Å²) in [6.07, 6.45) is 0.146. The summed E-state index contributed by atoms with van der Waals surface area (Å²) < 4.78 is 14.6. The zero-order chi connectivity index (χ0) is 9.97. The Morgan fingerprint density at radius 1 is 1.27 bits per heavy atom. The lowest BCUT2D eigenvalue weighted by Gasteiger charge is -2.26. The van der Waals surface area contributed by atoms with E-state index in [1.165, 1.54) is 0 Å². The zero-order valence-corrected chi connectivity index (χ0v) is 10.7. The average molecular weight is 295 g/mol. The molecule has 4 heteroatoms. The van der Waals surface area contributed by atoms with E-state index < -0.39 is 6.17 Å². The highest BCUT2D eigenvalue weighted by Crippen LogP contribution is 2.28. The second kappa shape index (κ2) is 5.83. The summed E-state index contributed by atoms with van der Waals surface area (Å²) in [6.45, 7) is 1.40. The van der Waals surface area contributed by atoms with Crippen molar-refractivity contribution in [3.8, 4) is 0 Å². The fraction of sp³-hybridized carbons (Fsp3) is 0.455. The van der Waals surface area contributed by atoms with Crippen LogP contribution >= 0.6 is 28.3 Å². The van der Waals surface area contributed by atoms with Crippen LogP contribution in [0.15, 0.2) is 28.7 Å². The van der Waals surface area contributed by atoms with Crippen LogP contribution in [0.4, 0.5) is 4.39 Å². The monoisotopic (exact) mass is 293 g/mol. The molecule has 0 unspecified atom stereocenters. The van der Waals surface area contributed by atoms with Crippen molar-refractivity contribution < 1.29 is 4.39 Å². The van der Waals surface area contributed by atoms with E-state index in [9.17, 15) is 4.39 Å². The van der Waals surface area contributed by atoms with Gasteiger partial charge in [-0.15, -0.1) is 12.4 Å². The second-order valence-corrected chi connectivity index (χ2v) is 4.58. The molecule has 15 heavy (non-hydrogen) atoms. The number of benzene rings is 1. The maximum atomic E-state index is 13.6. The van der Waals surface area contributed by atoms with Crippen molar-refractivity contribution in [2.45, 2.75) is 18.5 Å². The van der Waals surface area contributed by atoms with Crippen molar-refractivity contribution in [3.05, 3.63) is 34.3 Å². The molecular weight excluding hydrogens is 280 g/mol. The van der Waals surface area contributed by atoms with E-state index in [1.807, 2.05) is 24.3 Å². The largest absolute Gasteiger partial charge is 0.314 e. The standard InChI is InChI=1S/C11H13BrFN.ClH/c12-9-3-1-8(2-4-9)10-5-6-14-7-11(10)13;/h1-4,10-11,14H,5-7H2;1H/t10-,11+;/m0./s1. The molecule has 1 aliphatic heterocycles. The maximum absolute atomic E-state index is 13.6. The molecule has 2 rings (SSSR count). The Labute approximate surface area is 104 Å². The number of hydrogen-bond donors (Lipinski definition) is 1. The minimum absolute atomic E-state index is 0. The molecule has 84 valence electrons. The zero-order valence-electron chi connectivity index (χ0n) is 8.25. The Balaban J connectivity index is 0.00000112. The smallest absolute Gasteiger partial charge is 0.119 e. The van der Waals surface area contributed by atoms with E-state index in [0.29, 0.717) is 6.54 Å². The first kappa shape index (κ1) is 12.9. The van der Waals surface area contributed by atoms with Crippen molar-refractivity contribution in [2.24, 2.45) is 0 Å². The van der Waals surface area contributed by atoms with Gasteiger partial charge in [-0.05, 0) is 30.7 Å². The third-order valence-corrected chi connectivity index (χ3v) is 3.23. The summed E-state index contributed by atoms with van der Waals surface area (Å²) in [4.78, 5) is 0. The number of alkyl halides is 1. The summed E-state index contributed by atoms with van der Waals surface area (Å²) in [5, 5.41) is 3.06. The molecule has 1 nitrogen and oxygen atoms in total. The molecule has 1 heterocycles. The fourth-order valence-corrected chi connectivity index (χ4v) is 2.17. The predicted octanol–water partition coefficient (Wildman–Crippen LogP) is 3.29. The van der Waals surface area contributed by atoms with Crippen LogP contribution in [0.25, 0.3) is 0 Å². The normalized spacial score (nSPS) is 25.7. The van der Waals surface area contributed by atoms with Crippen LogP contribution in [0, 0.1) is 0 Å². The number of piperidine rings is 1. The molecule has 0 aromatic heterocycles. The van der Waals surface area contributed by atoms with Gasteiger partial charge in [0.05, 0.1) is 0 Å². The van der Waals surface area contributed by atoms with Crippen LogP contribution in [-0.4, -0.2) is 19.3 Å². The van der Waals surface area contributed by atoms with E-state index in [4.69, 9.17) is 0 Å². The number of halogens is 3. The first-order valence-electron chi connectivity index (χ1n) is 4.87. The van der Waals surface area contributed by atoms with Crippen molar-refractivity contribution >= 4 is 28.3 Å². The van der Waals surface area contributed by atoms with Crippen LogP contribution < -0.4 is 5.32 Å². The Hall–Kier alpha value is -0.120. The first-order valence-corrected chi connectivity index (χ1v) is 5.67. The van der Waals surface area contributed by atoms with Crippen molar-refractivity contribution in [1.29, 1.82) is 0 Å². The summed E-state index contributed by atoms with van der Waals surface area (Å²) >= 11 is 3.38. The van der Waals surface area contributed by atoms with Gasteiger partial charge in [-0.25, -0.2) is 4.39 Å². The molecule has 0 saturated carbocycles. The highest BCUT2D eigenvalue weighted by atomic mass is 79.9. The van der Waals surface area contributed by atoms with Crippen LogP contribution in [0.3, 0.4) is 0 Å². The molecule has 0 spiro atoms. The molecule has 1 fully saturated rings. The molecule has 0 radical (unpaired) electrons. The third kappa shape index (κ3) is 3.16. The van der Waals surface area contributed by atoms with Gasteiger partial charge in [-0.2, -0.15) is 0 Å². The molecule has 1 aliphatic rings. The van der Waals surface area contributed by atoms with Gasteiger partial charge in [-0.3, -0.25) is 0 Å². The lowest BCUT2D eigenvalue weighted by Crippen LogP contribution is -2.36. The summed E-state index contributed by atoms with van der Waals surface area (Å²) in [6, 6.07) is 7.97. The highest BCUT2D eigenvalue weighted by Gasteiger charge is 2.25. The van der Waals surface area contributed by atoms with Crippen molar-refractivity contribution in [1.82, 2.24) is 5.32 Å². The second-order valence-electron chi connectivity index (χ2n) is 3.67. The summed E-state index contributed by atoms with van der Waals surface area (Å²) in [5.74, 6) is 0.0735. The number of nitrogens with one attached hydrogen (secondary N) is 1. The van der Waals surface area contributed by atoms with Gasteiger partial charge >= 0.3 is 0 Å². The van der Waals surface area contributed by atoms with Crippen LogP contribution in [0.2, 0.25) is 0 Å². The summed E-state index contributed by atoms with van der Waals surface area (Å²) in [5.41, 5.74) is 1.11. The first-order chi connectivity index (χ1) is 6.77. The van der Waals surface area contributed by atoms with Gasteiger partial charge in [0.15, 0.2) is 0 Å². The van der Waals surface area contributed by atoms with Gasteiger partial charge in [0, 0.05) is 16.9 Å². The molecule has 0 aliphatic carbocycles. The molecule has 1 N–H and O–H groups in total. The van der Waals surface area contributed by atoms with Gasteiger partial charge in [0.1, 0.15) is 6.17 Å². The van der Waals surface area contributed by atoms with Gasteiger partial charge in [0.2, 0.25) is 0 Å². The van der Waals surface area contributed by atoms with E-state index in [0.717, 1.165) is 23.0 Å². The topological polar surface area (TPSA) is 12.0 Å². The average Bonchev–Trinajstić information content (AvgIpc) is 2.20. The lowest BCUT2D eigenvalue weighted by atomic mass is 9.89. The highest BCUT2D eigenvalue weighted by molar-refractivity contribution is 9.10. The van der Waals surface area contributed by atoms with Crippen LogP contribution in [0.5, 0.6) is 0 Å². The van der Waals surface area contributed by atoms with Gasteiger partial charge in [0.25, 0.3) is 0 Å². The van der Waals surface area contributed by atoms with E-state index in [2.05, 4.69) is 21.2 Å². The van der Waals surface area contributed by atoms with Gasteiger partial charge in [-0.1, -0.05) is 28.1 Å². The SMILES string of the molecule is Cl.F[C@@H]1CNCC[C@H]1c1ccc(Br)cc1. The maximum Gasteiger partial charge on any atom is 0.119 e. The van der Waals surface area contributed by atoms with Gasteiger partial charge < -0.3 is 5.32 Å². The fourth-order valence-electron chi connectivity index (χ4n) is 1.91. The molecule has 1 aromatic rings. The Morgan fingerprint density at radius 3 is 2.53 bits per heavy atom. The lowest BCUT2D eigenvalue weighted by molar-refractivity contribution is 0.231.